The van der Waals surface area contributed by atoms with Crippen molar-refractivity contribution in [3.05, 3.63) is 12.7 Å². The number of nitrogens with one attached hydrogen (secondary N) is 1. The molecule has 1 unspecified atom stereocenters. The molecule has 0 spiro atoms. The fourth-order valence-electron chi connectivity index (χ4n) is 2.10. The molecule has 4 N–H and O–H groups in total. The molecule has 1 atom stereocenters. The number of hydrogen-bond acceptors (Lipinski definition) is 3. The van der Waals surface area contributed by atoms with E-state index in [2.05, 4.69) is 11.9 Å². The maximum atomic E-state index is 12.0. The summed E-state index contributed by atoms with van der Waals surface area (Å²) in [6, 6.07) is -0.928. The Morgan fingerprint density at radius 2 is 2.00 bits per heavy atom. The van der Waals surface area contributed by atoms with E-state index in [9.17, 15) is 9.59 Å². The van der Waals surface area contributed by atoms with E-state index in [1.807, 2.05) is 0 Å². The van der Waals surface area contributed by atoms with E-state index in [-0.39, 0.29) is 12.3 Å². The van der Waals surface area contributed by atoms with Crippen LogP contribution in [0.5, 0.6) is 0 Å². The molecule has 0 aliphatic heterocycles. The third-order valence-corrected chi connectivity index (χ3v) is 3.20. The van der Waals surface area contributed by atoms with Gasteiger partial charge < -0.3 is 16.2 Å². The van der Waals surface area contributed by atoms with Crippen LogP contribution in [0, 0.1) is 0 Å². The third kappa shape index (κ3) is 3.56. The molecule has 17 heavy (non-hydrogen) atoms. The molecule has 1 fully saturated rings. The van der Waals surface area contributed by atoms with Crippen LogP contribution in [0.4, 0.5) is 0 Å². The molecule has 5 nitrogen and oxygen atoms in total. The first kappa shape index (κ1) is 13.7. The molecule has 1 aliphatic carbocycles. The van der Waals surface area contributed by atoms with Gasteiger partial charge in [-0.3, -0.25) is 4.79 Å². The van der Waals surface area contributed by atoms with Gasteiger partial charge in [0.1, 0.15) is 6.04 Å². The fraction of sp³-hybridized carbons (Fsp3) is 0.667. The quantitative estimate of drug-likeness (QED) is 0.619. The number of amides is 1. The lowest BCUT2D eigenvalue weighted by Gasteiger charge is -2.32. The standard InChI is InChI=1S/C12H20N2O3/c1-2-6-9(10(15)16)14-11(17)12(13)7-4-3-5-8-12/h2,9H,1,3-8,13H2,(H,14,17)(H,15,16). The normalized spacial score (nSPS) is 20.3. The van der Waals surface area contributed by atoms with Crippen molar-refractivity contribution < 1.29 is 14.7 Å². The molecule has 5 heteroatoms. The van der Waals surface area contributed by atoms with E-state index >= 15 is 0 Å². The summed E-state index contributed by atoms with van der Waals surface area (Å²) < 4.78 is 0. The topological polar surface area (TPSA) is 92.4 Å². The molecule has 0 radical (unpaired) electrons. The second kappa shape index (κ2) is 5.82. The van der Waals surface area contributed by atoms with Crippen molar-refractivity contribution in [3.63, 3.8) is 0 Å². The minimum Gasteiger partial charge on any atom is -0.480 e. The molecular weight excluding hydrogens is 220 g/mol. The number of hydrogen-bond donors (Lipinski definition) is 3. The highest BCUT2D eigenvalue weighted by molar-refractivity contribution is 5.90. The molecule has 1 saturated carbocycles. The van der Waals surface area contributed by atoms with Gasteiger partial charge in [0.15, 0.2) is 0 Å². The summed E-state index contributed by atoms with van der Waals surface area (Å²) in [5.41, 5.74) is 5.12. The Kier molecular flexibility index (Phi) is 4.69. The van der Waals surface area contributed by atoms with Crippen molar-refractivity contribution in [1.29, 1.82) is 0 Å². The van der Waals surface area contributed by atoms with Gasteiger partial charge in [-0.2, -0.15) is 0 Å². The van der Waals surface area contributed by atoms with E-state index < -0.39 is 17.6 Å². The lowest BCUT2D eigenvalue weighted by atomic mass is 9.81. The van der Waals surface area contributed by atoms with Gasteiger partial charge in [0, 0.05) is 0 Å². The SMILES string of the molecule is C=CCC(NC(=O)C1(N)CCCCC1)C(=O)O. The molecule has 96 valence electrons. The molecule has 0 aromatic heterocycles. The van der Waals surface area contributed by atoms with Crippen LogP contribution < -0.4 is 11.1 Å². The van der Waals surface area contributed by atoms with Gasteiger partial charge in [0.05, 0.1) is 5.54 Å². The number of carboxylic acids is 1. The molecule has 0 heterocycles. The zero-order valence-corrected chi connectivity index (χ0v) is 9.95. The van der Waals surface area contributed by atoms with E-state index in [1.54, 1.807) is 0 Å². The number of nitrogens with two attached hydrogens (primary N) is 1. The lowest BCUT2D eigenvalue weighted by Crippen LogP contribution is -2.58. The van der Waals surface area contributed by atoms with Crippen LogP contribution in [0.3, 0.4) is 0 Å². The smallest absolute Gasteiger partial charge is 0.326 e. The van der Waals surface area contributed by atoms with Gasteiger partial charge in [-0.05, 0) is 19.3 Å². The highest BCUT2D eigenvalue weighted by atomic mass is 16.4. The minimum absolute atomic E-state index is 0.206. The maximum Gasteiger partial charge on any atom is 0.326 e. The van der Waals surface area contributed by atoms with Crippen molar-refractivity contribution in [2.75, 3.05) is 0 Å². The first-order chi connectivity index (χ1) is 7.99. The average Bonchev–Trinajstić information content (AvgIpc) is 2.29. The average molecular weight is 240 g/mol. The Balaban J connectivity index is 2.62. The van der Waals surface area contributed by atoms with Gasteiger partial charge in [-0.25, -0.2) is 4.79 Å². The molecule has 1 rings (SSSR count). The number of carboxylic acid groups (broad SMARTS) is 1. The molecule has 1 aliphatic rings. The number of carbonyl (C=O) groups is 2. The van der Waals surface area contributed by atoms with Crippen LogP contribution in [-0.4, -0.2) is 28.6 Å². The summed E-state index contributed by atoms with van der Waals surface area (Å²) in [6.45, 7) is 3.47. The summed E-state index contributed by atoms with van der Waals surface area (Å²) >= 11 is 0. The Morgan fingerprint density at radius 1 is 1.41 bits per heavy atom. The van der Waals surface area contributed by atoms with Crippen LogP contribution in [-0.2, 0) is 9.59 Å². The highest BCUT2D eigenvalue weighted by Gasteiger charge is 2.36. The second-order valence-corrected chi connectivity index (χ2v) is 4.61. The van der Waals surface area contributed by atoms with Crippen LogP contribution >= 0.6 is 0 Å². The Morgan fingerprint density at radius 3 is 2.47 bits per heavy atom. The molecule has 0 aromatic rings. The zero-order valence-electron chi connectivity index (χ0n) is 9.95. The highest BCUT2D eigenvalue weighted by Crippen LogP contribution is 2.26. The summed E-state index contributed by atoms with van der Waals surface area (Å²) in [5, 5.41) is 11.4. The first-order valence-electron chi connectivity index (χ1n) is 5.93. The molecule has 0 saturated heterocycles. The molecule has 0 aromatic carbocycles. The van der Waals surface area contributed by atoms with Crippen molar-refractivity contribution in [2.45, 2.75) is 50.1 Å². The second-order valence-electron chi connectivity index (χ2n) is 4.61. The van der Waals surface area contributed by atoms with E-state index in [0.717, 1.165) is 19.3 Å². The Labute approximate surface area is 101 Å². The summed E-state index contributed by atoms with van der Waals surface area (Å²) in [4.78, 5) is 22.9. The van der Waals surface area contributed by atoms with Crippen LogP contribution in [0.1, 0.15) is 38.5 Å². The van der Waals surface area contributed by atoms with Crippen molar-refractivity contribution in [3.8, 4) is 0 Å². The van der Waals surface area contributed by atoms with Gasteiger partial charge >= 0.3 is 5.97 Å². The molecule has 1 amide bonds. The predicted molar refractivity (Wildman–Crippen MR) is 64.4 cm³/mol. The first-order valence-corrected chi connectivity index (χ1v) is 5.93. The van der Waals surface area contributed by atoms with Gasteiger partial charge in [0.2, 0.25) is 5.91 Å². The number of carbonyl (C=O) groups excluding carboxylic acids is 1. The summed E-state index contributed by atoms with van der Waals surface area (Å²) in [7, 11) is 0. The summed E-state index contributed by atoms with van der Waals surface area (Å²) in [5.74, 6) is -1.41. The van der Waals surface area contributed by atoms with Gasteiger partial charge in [0.25, 0.3) is 0 Å². The number of aliphatic carboxylic acids is 1. The Hall–Kier alpha value is -1.36. The molecular formula is C12H20N2O3. The van der Waals surface area contributed by atoms with E-state index in [1.165, 1.54) is 6.08 Å². The van der Waals surface area contributed by atoms with Crippen molar-refractivity contribution in [2.24, 2.45) is 5.73 Å². The summed E-state index contributed by atoms with van der Waals surface area (Å²) in [6.07, 6.45) is 5.85. The van der Waals surface area contributed by atoms with Gasteiger partial charge in [-0.1, -0.05) is 25.3 Å². The van der Waals surface area contributed by atoms with Crippen LogP contribution in [0.2, 0.25) is 0 Å². The van der Waals surface area contributed by atoms with Crippen LogP contribution in [0.15, 0.2) is 12.7 Å². The third-order valence-electron chi connectivity index (χ3n) is 3.20. The maximum absolute atomic E-state index is 12.0. The minimum atomic E-state index is -1.06. The van der Waals surface area contributed by atoms with Crippen molar-refractivity contribution >= 4 is 11.9 Å². The molecule has 0 bridgehead atoms. The van der Waals surface area contributed by atoms with Crippen molar-refractivity contribution in [1.82, 2.24) is 5.32 Å². The van der Waals surface area contributed by atoms with E-state index in [4.69, 9.17) is 10.8 Å². The predicted octanol–water partition coefficient (Wildman–Crippen LogP) is 0.793. The number of rotatable bonds is 5. The fourth-order valence-corrected chi connectivity index (χ4v) is 2.10. The Bertz CT molecular complexity index is 309. The zero-order chi connectivity index (χ0) is 12.9. The van der Waals surface area contributed by atoms with Crippen LogP contribution in [0.25, 0.3) is 0 Å². The van der Waals surface area contributed by atoms with Gasteiger partial charge in [-0.15, -0.1) is 6.58 Å². The monoisotopic (exact) mass is 240 g/mol. The lowest BCUT2D eigenvalue weighted by molar-refractivity contribution is -0.142. The largest absolute Gasteiger partial charge is 0.480 e. The van der Waals surface area contributed by atoms with E-state index in [0.29, 0.717) is 12.8 Å².